The Morgan fingerprint density at radius 1 is 0.964 bits per heavy atom. The van der Waals surface area contributed by atoms with Crippen molar-refractivity contribution in [2.45, 2.75) is 33.1 Å². The molecule has 28 heavy (non-hydrogen) atoms. The van der Waals surface area contributed by atoms with Crippen LogP contribution in [0.25, 0.3) is 0 Å². The van der Waals surface area contributed by atoms with Gasteiger partial charge in [-0.1, -0.05) is 36.8 Å². The summed E-state index contributed by atoms with van der Waals surface area (Å²) >= 11 is 0. The Morgan fingerprint density at radius 3 is 2.39 bits per heavy atom. The zero-order valence-electron chi connectivity index (χ0n) is 16.1. The van der Waals surface area contributed by atoms with E-state index in [-0.39, 0.29) is 29.4 Å². The van der Waals surface area contributed by atoms with E-state index in [0.717, 1.165) is 24.8 Å². The number of benzene rings is 2. The van der Waals surface area contributed by atoms with Crippen LogP contribution < -0.4 is 9.64 Å². The third-order valence-corrected chi connectivity index (χ3v) is 5.78. The van der Waals surface area contributed by atoms with E-state index in [1.807, 2.05) is 19.1 Å². The van der Waals surface area contributed by atoms with Gasteiger partial charge in [-0.15, -0.1) is 0 Å². The topological polar surface area (TPSA) is 63.7 Å². The number of carbonyl (C=O) groups excluding carboxylic acids is 3. The molecule has 5 nitrogen and oxygen atoms in total. The van der Waals surface area contributed by atoms with Crippen molar-refractivity contribution < 1.29 is 19.1 Å². The molecule has 1 saturated heterocycles. The summed E-state index contributed by atoms with van der Waals surface area (Å²) in [7, 11) is 0. The molecule has 1 aliphatic carbocycles. The van der Waals surface area contributed by atoms with Crippen molar-refractivity contribution in [1.29, 1.82) is 0 Å². The van der Waals surface area contributed by atoms with Crippen LogP contribution in [0.15, 0.2) is 48.5 Å². The summed E-state index contributed by atoms with van der Waals surface area (Å²) in [6, 6.07) is 13.8. The third-order valence-electron chi connectivity index (χ3n) is 5.78. The highest BCUT2D eigenvalue weighted by molar-refractivity contribution is 6.22. The van der Waals surface area contributed by atoms with Gasteiger partial charge in [0.1, 0.15) is 0 Å². The molecule has 2 fully saturated rings. The van der Waals surface area contributed by atoms with E-state index >= 15 is 0 Å². The van der Waals surface area contributed by atoms with E-state index in [9.17, 15) is 14.4 Å². The molecule has 1 aliphatic heterocycles. The Bertz CT molecular complexity index is 934. The fourth-order valence-electron chi connectivity index (χ4n) is 4.20. The van der Waals surface area contributed by atoms with Gasteiger partial charge in [0.2, 0.25) is 11.8 Å². The number of anilines is 1. The summed E-state index contributed by atoms with van der Waals surface area (Å²) in [6.45, 7) is 4.06. The maximum Gasteiger partial charge on any atom is 0.343 e. The molecule has 0 aromatic heterocycles. The van der Waals surface area contributed by atoms with E-state index in [1.165, 1.54) is 4.90 Å². The maximum absolute atomic E-state index is 13.0. The number of rotatable bonds is 3. The van der Waals surface area contributed by atoms with Gasteiger partial charge in [-0.25, -0.2) is 9.69 Å². The average molecular weight is 377 g/mol. The Morgan fingerprint density at radius 2 is 1.64 bits per heavy atom. The fourth-order valence-corrected chi connectivity index (χ4v) is 4.20. The van der Waals surface area contributed by atoms with Gasteiger partial charge in [0.25, 0.3) is 0 Å². The lowest BCUT2D eigenvalue weighted by Gasteiger charge is -2.25. The molecule has 5 heteroatoms. The van der Waals surface area contributed by atoms with Gasteiger partial charge in [0.15, 0.2) is 5.75 Å². The van der Waals surface area contributed by atoms with Crippen LogP contribution in [0.1, 0.15) is 42.1 Å². The van der Waals surface area contributed by atoms with Crippen LogP contribution >= 0.6 is 0 Å². The molecule has 0 unspecified atom stereocenters. The molecule has 2 aromatic rings. The molecule has 144 valence electrons. The highest BCUT2D eigenvalue weighted by atomic mass is 16.5. The molecule has 0 bridgehead atoms. The molecule has 4 rings (SSSR count). The van der Waals surface area contributed by atoms with Crippen molar-refractivity contribution in [3.8, 4) is 5.75 Å². The molecule has 2 amide bonds. The monoisotopic (exact) mass is 377 g/mol. The lowest BCUT2D eigenvalue weighted by Crippen LogP contribution is -2.31. The summed E-state index contributed by atoms with van der Waals surface area (Å²) in [4.78, 5) is 39.7. The fraction of sp³-hybridized carbons (Fsp3) is 0.348. The minimum atomic E-state index is -0.516. The minimum absolute atomic E-state index is 0.180. The van der Waals surface area contributed by atoms with Gasteiger partial charge in [-0.2, -0.15) is 0 Å². The van der Waals surface area contributed by atoms with Crippen LogP contribution in [0.3, 0.4) is 0 Å². The second kappa shape index (κ2) is 7.23. The van der Waals surface area contributed by atoms with Gasteiger partial charge in [0.05, 0.1) is 23.1 Å². The number of nitrogens with zero attached hydrogens (tertiary/aromatic N) is 1. The van der Waals surface area contributed by atoms with E-state index < -0.39 is 5.97 Å². The third kappa shape index (κ3) is 3.21. The zero-order chi connectivity index (χ0) is 19.8. The molecular formula is C23H23NO4. The molecule has 1 saturated carbocycles. The number of para-hydroxylation sites is 2. The van der Waals surface area contributed by atoms with E-state index in [1.54, 1.807) is 36.4 Å². The highest BCUT2D eigenvalue weighted by Crippen LogP contribution is 2.44. The zero-order valence-corrected chi connectivity index (χ0v) is 16.1. The molecule has 0 radical (unpaired) electrons. The van der Waals surface area contributed by atoms with E-state index in [0.29, 0.717) is 17.2 Å². The average Bonchev–Trinajstić information content (AvgIpc) is 2.93. The van der Waals surface area contributed by atoms with Crippen molar-refractivity contribution >= 4 is 23.5 Å². The number of hydrogen-bond donors (Lipinski definition) is 0. The van der Waals surface area contributed by atoms with Crippen LogP contribution in [0, 0.1) is 24.7 Å². The smallest absolute Gasteiger partial charge is 0.343 e. The van der Waals surface area contributed by atoms with E-state index in [2.05, 4.69) is 6.92 Å². The molecular weight excluding hydrogens is 354 g/mol. The number of hydrogen-bond acceptors (Lipinski definition) is 4. The molecule has 0 spiro atoms. The maximum atomic E-state index is 13.0. The summed E-state index contributed by atoms with van der Waals surface area (Å²) in [6.07, 6.45) is 2.42. The second-order valence-electron chi connectivity index (χ2n) is 7.87. The first-order valence-electron chi connectivity index (χ1n) is 9.71. The molecule has 1 heterocycles. The number of imide groups is 1. The van der Waals surface area contributed by atoms with Crippen molar-refractivity contribution in [2.24, 2.45) is 17.8 Å². The van der Waals surface area contributed by atoms with Crippen molar-refractivity contribution in [3.63, 3.8) is 0 Å². The van der Waals surface area contributed by atoms with E-state index in [4.69, 9.17) is 4.74 Å². The Kier molecular flexibility index (Phi) is 4.75. The summed E-state index contributed by atoms with van der Waals surface area (Å²) in [5.74, 6) is -0.741. The Balaban J connectivity index is 1.63. The van der Waals surface area contributed by atoms with Crippen LogP contribution in [-0.2, 0) is 9.59 Å². The van der Waals surface area contributed by atoms with Crippen molar-refractivity contribution in [1.82, 2.24) is 0 Å². The van der Waals surface area contributed by atoms with Crippen LogP contribution in [0.2, 0.25) is 0 Å². The predicted molar refractivity (Wildman–Crippen MR) is 105 cm³/mol. The number of fused-ring (bicyclic) bond motifs is 1. The minimum Gasteiger partial charge on any atom is -0.421 e. The first kappa shape index (κ1) is 18.4. The second-order valence-corrected chi connectivity index (χ2v) is 7.87. The number of amides is 2. The first-order chi connectivity index (χ1) is 13.5. The lowest BCUT2D eigenvalue weighted by atomic mass is 9.76. The summed E-state index contributed by atoms with van der Waals surface area (Å²) < 4.78 is 5.57. The van der Waals surface area contributed by atoms with Gasteiger partial charge < -0.3 is 4.74 Å². The molecule has 3 atom stereocenters. The standard InChI is InChI=1S/C23H23NO4/c1-14-7-10-16(11-8-14)23(27)28-20-6-4-3-5-19(20)24-21(25)17-12-9-15(2)13-18(17)22(24)26/h3-8,10-11,15,17-18H,9,12-13H2,1-2H3/t15-,17-,18+/m1/s1. The van der Waals surface area contributed by atoms with Crippen LogP contribution in [0.4, 0.5) is 5.69 Å². The van der Waals surface area contributed by atoms with Gasteiger partial charge in [-0.05, 0) is 56.4 Å². The molecule has 2 aliphatic rings. The predicted octanol–water partition coefficient (Wildman–Crippen LogP) is 4.14. The molecule has 2 aromatic carbocycles. The van der Waals surface area contributed by atoms with Gasteiger partial charge in [0, 0.05) is 0 Å². The number of carbonyl (C=O) groups is 3. The molecule has 0 N–H and O–H groups in total. The van der Waals surface area contributed by atoms with Crippen molar-refractivity contribution in [3.05, 3.63) is 59.7 Å². The van der Waals surface area contributed by atoms with Gasteiger partial charge >= 0.3 is 5.97 Å². The van der Waals surface area contributed by atoms with Crippen LogP contribution in [-0.4, -0.2) is 17.8 Å². The Labute approximate surface area is 164 Å². The summed E-state index contributed by atoms with van der Waals surface area (Å²) in [5.41, 5.74) is 1.81. The number of ether oxygens (including phenoxy) is 1. The normalized spacial score (nSPS) is 24.2. The largest absolute Gasteiger partial charge is 0.421 e. The van der Waals surface area contributed by atoms with Crippen molar-refractivity contribution in [2.75, 3.05) is 4.90 Å². The lowest BCUT2D eigenvalue weighted by molar-refractivity contribution is -0.122. The first-order valence-corrected chi connectivity index (χ1v) is 9.71. The van der Waals surface area contributed by atoms with Crippen LogP contribution in [0.5, 0.6) is 5.75 Å². The number of esters is 1. The SMILES string of the molecule is Cc1ccc(C(=O)Oc2ccccc2N2C(=O)[C@H]3C[C@H](C)CC[C@H]3C2=O)cc1. The quantitative estimate of drug-likeness (QED) is 0.458. The number of aryl methyl sites for hydroxylation is 1. The highest BCUT2D eigenvalue weighted by Gasteiger charge is 2.50. The Hall–Kier alpha value is -2.95. The van der Waals surface area contributed by atoms with Gasteiger partial charge in [-0.3, -0.25) is 9.59 Å². The summed E-state index contributed by atoms with van der Waals surface area (Å²) in [5, 5.41) is 0.